The zero-order chi connectivity index (χ0) is 21.5. The molecule has 1 aromatic heterocycles. The summed E-state index contributed by atoms with van der Waals surface area (Å²) in [7, 11) is 0. The average molecular weight is 417 g/mol. The molecule has 0 aromatic carbocycles. The van der Waals surface area contributed by atoms with Crippen LogP contribution >= 0.6 is 0 Å². The van der Waals surface area contributed by atoms with Gasteiger partial charge in [0, 0.05) is 13.0 Å². The lowest BCUT2D eigenvalue weighted by atomic mass is 10.1. The van der Waals surface area contributed by atoms with Gasteiger partial charge in [0.1, 0.15) is 5.69 Å². The number of anilines is 1. The van der Waals surface area contributed by atoms with Crippen LogP contribution in [0, 0.1) is 0 Å². The Morgan fingerprint density at radius 2 is 1.45 bits per heavy atom. The molecule has 6 nitrogen and oxygen atoms in total. The van der Waals surface area contributed by atoms with Crippen molar-refractivity contribution in [2.45, 2.75) is 76.8 Å². The minimum Gasteiger partial charge on any atom is -0.481 e. The molecule has 3 N–H and O–H groups in total. The fourth-order valence-electron chi connectivity index (χ4n) is 2.83. The maximum absolute atomic E-state index is 12.4. The predicted molar refractivity (Wildman–Crippen MR) is 105 cm³/mol. The number of aromatic nitrogens is 1. The van der Waals surface area contributed by atoms with E-state index in [-0.39, 0.29) is 12.1 Å². The summed E-state index contributed by atoms with van der Waals surface area (Å²) in [5, 5.41) is 13.7. The van der Waals surface area contributed by atoms with E-state index in [1.165, 1.54) is 6.07 Å². The first-order valence-corrected chi connectivity index (χ1v) is 10.1. The van der Waals surface area contributed by atoms with Crippen molar-refractivity contribution in [1.29, 1.82) is 0 Å². The van der Waals surface area contributed by atoms with E-state index < -0.39 is 23.9 Å². The number of nitrogens with one attached hydrogen (secondary N) is 2. The molecule has 1 aromatic rings. The van der Waals surface area contributed by atoms with Crippen molar-refractivity contribution in [3.63, 3.8) is 0 Å². The first-order valence-electron chi connectivity index (χ1n) is 10.1. The SMILES string of the molecule is O=C(O)CCCCCCCCCCCCNC(=O)Nc1ccc(C(F)(F)F)nc1. The van der Waals surface area contributed by atoms with E-state index in [4.69, 9.17) is 5.11 Å². The van der Waals surface area contributed by atoms with Gasteiger partial charge in [0.2, 0.25) is 0 Å². The number of carboxylic acid groups (broad SMARTS) is 1. The molecule has 1 rings (SSSR count). The monoisotopic (exact) mass is 417 g/mol. The molecule has 1 heterocycles. The van der Waals surface area contributed by atoms with Crippen LogP contribution < -0.4 is 10.6 Å². The van der Waals surface area contributed by atoms with Gasteiger partial charge in [-0.05, 0) is 25.0 Å². The molecule has 0 saturated heterocycles. The Hall–Kier alpha value is -2.32. The molecule has 2 amide bonds. The third kappa shape index (κ3) is 12.7. The van der Waals surface area contributed by atoms with Gasteiger partial charge in [0.05, 0.1) is 11.9 Å². The molecule has 0 spiro atoms. The number of pyridine rings is 1. The zero-order valence-corrected chi connectivity index (χ0v) is 16.6. The maximum Gasteiger partial charge on any atom is 0.433 e. The highest BCUT2D eigenvalue weighted by Crippen LogP contribution is 2.27. The summed E-state index contributed by atoms with van der Waals surface area (Å²) >= 11 is 0. The van der Waals surface area contributed by atoms with Gasteiger partial charge in [-0.2, -0.15) is 13.2 Å². The van der Waals surface area contributed by atoms with Gasteiger partial charge in [-0.1, -0.05) is 51.4 Å². The number of carboxylic acids is 1. The third-order valence-corrected chi connectivity index (χ3v) is 4.41. The number of halogens is 3. The number of alkyl halides is 3. The fourth-order valence-corrected chi connectivity index (χ4v) is 2.83. The Labute approximate surface area is 169 Å². The van der Waals surface area contributed by atoms with Crippen LogP contribution in [0.1, 0.15) is 76.3 Å². The lowest BCUT2D eigenvalue weighted by Crippen LogP contribution is -2.29. The summed E-state index contributed by atoms with van der Waals surface area (Å²) < 4.78 is 37.3. The second-order valence-electron chi connectivity index (χ2n) is 6.99. The highest BCUT2D eigenvalue weighted by Gasteiger charge is 2.32. The van der Waals surface area contributed by atoms with Crippen LogP contribution in [-0.4, -0.2) is 28.6 Å². The van der Waals surface area contributed by atoms with Crippen molar-refractivity contribution >= 4 is 17.7 Å². The van der Waals surface area contributed by atoms with Crippen LogP contribution in [-0.2, 0) is 11.0 Å². The molecular weight excluding hydrogens is 387 g/mol. The van der Waals surface area contributed by atoms with Crippen LogP contribution in [0.4, 0.5) is 23.7 Å². The molecule has 0 saturated carbocycles. The second-order valence-corrected chi connectivity index (χ2v) is 6.99. The molecule has 0 unspecified atom stereocenters. The molecule has 164 valence electrons. The van der Waals surface area contributed by atoms with Gasteiger partial charge >= 0.3 is 18.2 Å². The number of carbonyl (C=O) groups is 2. The van der Waals surface area contributed by atoms with E-state index in [0.29, 0.717) is 6.54 Å². The van der Waals surface area contributed by atoms with Crippen molar-refractivity contribution in [3.8, 4) is 0 Å². The summed E-state index contributed by atoms with van der Waals surface area (Å²) in [5.41, 5.74) is -0.792. The van der Waals surface area contributed by atoms with Crippen molar-refractivity contribution in [1.82, 2.24) is 10.3 Å². The first kappa shape index (κ1) is 24.7. The zero-order valence-electron chi connectivity index (χ0n) is 16.6. The average Bonchev–Trinajstić information content (AvgIpc) is 2.65. The van der Waals surface area contributed by atoms with Crippen molar-refractivity contribution in [2.75, 3.05) is 11.9 Å². The predicted octanol–water partition coefficient (Wildman–Crippen LogP) is 5.60. The van der Waals surface area contributed by atoms with Crippen LogP contribution in [0.15, 0.2) is 18.3 Å². The number of unbranched alkanes of at least 4 members (excludes halogenated alkanes) is 9. The molecular formula is C20H30F3N3O3. The summed E-state index contributed by atoms with van der Waals surface area (Å²) in [6.07, 6.45) is 7.08. The molecule has 0 radical (unpaired) electrons. The molecule has 29 heavy (non-hydrogen) atoms. The van der Waals surface area contributed by atoms with Crippen LogP contribution in [0.25, 0.3) is 0 Å². The van der Waals surface area contributed by atoms with Crippen molar-refractivity contribution in [3.05, 3.63) is 24.0 Å². The van der Waals surface area contributed by atoms with E-state index in [1.807, 2.05) is 0 Å². The Morgan fingerprint density at radius 3 is 1.93 bits per heavy atom. The number of carbonyl (C=O) groups excluding carboxylic acids is 1. The molecule has 0 fully saturated rings. The topological polar surface area (TPSA) is 91.3 Å². The normalized spacial score (nSPS) is 11.3. The number of amides is 2. The number of nitrogens with zero attached hydrogens (tertiary/aromatic N) is 1. The first-order chi connectivity index (χ1) is 13.8. The Morgan fingerprint density at radius 1 is 0.897 bits per heavy atom. The van der Waals surface area contributed by atoms with Crippen molar-refractivity contribution in [2.24, 2.45) is 0 Å². The summed E-state index contributed by atoms with van der Waals surface area (Å²) in [6.45, 7) is 0.503. The molecule has 0 bridgehead atoms. The number of urea groups is 1. The molecule has 0 atom stereocenters. The summed E-state index contributed by atoms with van der Waals surface area (Å²) in [6, 6.07) is 1.53. The maximum atomic E-state index is 12.4. The van der Waals surface area contributed by atoms with Crippen molar-refractivity contribution < 1.29 is 27.9 Å². The van der Waals surface area contributed by atoms with E-state index >= 15 is 0 Å². The molecule has 0 aliphatic carbocycles. The third-order valence-electron chi connectivity index (χ3n) is 4.41. The largest absolute Gasteiger partial charge is 0.481 e. The van der Waals surface area contributed by atoms with Crippen LogP contribution in [0.3, 0.4) is 0 Å². The smallest absolute Gasteiger partial charge is 0.433 e. The van der Waals surface area contributed by atoms with Gasteiger partial charge < -0.3 is 15.7 Å². The molecule has 0 aliphatic heterocycles. The minimum atomic E-state index is -4.50. The van der Waals surface area contributed by atoms with E-state index in [0.717, 1.165) is 76.5 Å². The van der Waals surface area contributed by atoms with E-state index in [2.05, 4.69) is 15.6 Å². The Bertz CT molecular complexity index is 607. The van der Waals surface area contributed by atoms with Gasteiger partial charge in [0.25, 0.3) is 0 Å². The van der Waals surface area contributed by atoms with Gasteiger partial charge in [-0.15, -0.1) is 0 Å². The van der Waals surface area contributed by atoms with E-state index in [9.17, 15) is 22.8 Å². The number of hydrogen-bond acceptors (Lipinski definition) is 3. The van der Waals surface area contributed by atoms with Gasteiger partial charge in [0.15, 0.2) is 0 Å². The summed E-state index contributed by atoms with van der Waals surface area (Å²) in [4.78, 5) is 25.4. The number of hydrogen-bond donors (Lipinski definition) is 3. The number of rotatable bonds is 14. The Kier molecular flexibility index (Phi) is 11.8. The highest BCUT2D eigenvalue weighted by molar-refractivity contribution is 5.88. The number of aliphatic carboxylic acids is 1. The molecule has 0 aliphatic rings. The lowest BCUT2D eigenvalue weighted by Gasteiger charge is -2.09. The Balaban J connectivity index is 1.96. The van der Waals surface area contributed by atoms with Gasteiger partial charge in [-0.25, -0.2) is 9.78 Å². The minimum absolute atomic E-state index is 0.207. The van der Waals surface area contributed by atoms with Gasteiger partial charge in [-0.3, -0.25) is 4.79 Å². The standard InChI is InChI=1S/C20H30F3N3O3/c21-20(22,23)17-13-12-16(15-25-17)26-19(29)24-14-10-8-6-4-2-1-3-5-7-9-11-18(27)28/h12-13,15H,1-11,14H2,(H,27,28)(H2,24,26,29). The summed E-state index contributed by atoms with van der Waals surface area (Å²) in [5.74, 6) is -0.728. The quantitative estimate of drug-likeness (QED) is 0.344. The molecule has 9 heteroatoms. The lowest BCUT2D eigenvalue weighted by molar-refractivity contribution is -0.141. The fraction of sp³-hybridized carbons (Fsp3) is 0.650. The van der Waals surface area contributed by atoms with E-state index in [1.54, 1.807) is 0 Å². The van der Waals surface area contributed by atoms with Crippen LogP contribution in [0.2, 0.25) is 0 Å². The second kappa shape index (κ2) is 13.8. The highest BCUT2D eigenvalue weighted by atomic mass is 19.4. The van der Waals surface area contributed by atoms with Crippen LogP contribution in [0.5, 0.6) is 0 Å².